The summed E-state index contributed by atoms with van der Waals surface area (Å²) in [5.41, 5.74) is 1.39. The summed E-state index contributed by atoms with van der Waals surface area (Å²) in [6.45, 7) is 0. The van der Waals surface area contributed by atoms with Gasteiger partial charge in [-0.25, -0.2) is 0 Å². The SMILES string of the molecule is O=c1cc(-c2ccc(OC(c3ccccc3)C(F)(F)F)cc2)[nH]c2ccnn12. The minimum absolute atomic E-state index is 0.0228. The Hall–Kier alpha value is -3.55. The number of aromatic amines is 1. The van der Waals surface area contributed by atoms with Crippen LogP contribution < -0.4 is 10.3 Å². The second kappa shape index (κ2) is 6.88. The molecule has 5 nitrogen and oxygen atoms in total. The number of ether oxygens (including phenoxy) is 1. The molecule has 142 valence electrons. The highest BCUT2D eigenvalue weighted by Gasteiger charge is 2.43. The van der Waals surface area contributed by atoms with Crippen LogP contribution in [0.1, 0.15) is 11.7 Å². The summed E-state index contributed by atoms with van der Waals surface area (Å²) in [6.07, 6.45) is -5.13. The molecule has 2 heterocycles. The number of nitrogens with one attached hydrogen (secondary N) is 1. The van der Waals surface area contributed by atoms with Crippen LogP contribution in [0.15, 0.2) is 77.7 Å². The molecule has 2 aromatic carbocycles. The molecule has 1 N–H and O–H groups in total. The highest BCUT2D eigenvalue weighted by Crippen LogP contribution is 2.37. The van der Waals surface area contributed by atoms with Crippen LogP contribution in [0.5, 0.6) is 5.75 Å². The van der Waals surface area contributed by atoms with Gasteiger partial charge in [0.25, 0.3) is 5.56 Å². The zero-order valence-electron chi connectivity index (χ0n) is 14.4. The molecule has 1 atom stereocenters. The van der Waals surface area contributed by atoms with Crippen LogP contribution in [0.4, 0.5) is 13.2 Å². The number of hydrogen-bond acceptors (Lipinski definition) is 3. The number of alkyl halides is 3. The highest BCUT2D eigenvalue weighted by atomic mass is 19.4. The van der Waals surface area contributed by atoms with Crippen molar-refractivity contribution in [1.82, 2.24) is 14.6 Å². The fourth-order valence-corrected chi connectivity index (χ4v) is 2.89. The van der Waals surface area contributed by atoms with Crippen molar-refractivity contribution < 1.29 is 17.9 Å². The first kappa shape index (κ1) is 17.8. The van der Waals surface area contributed by atoms with Crippen LogP contribution in [0.25, 0.3) is 16.9 Å². The van der Waals surface area contributed by atoms with Crippen LogP contribution >= 0.6 is 0 Å². The van der Waals surface area contributed by atoms with Gasteiger partial charge in [0.15, 0.2) is 0 Å². The third-order valence-corrected chi connectivity index (χ3v) is 4.20. The molecule has 0 aliphatic rings. The Morgan fingerprint density at radius 3 is 2.39 bits per heavy atom. The van der Waals surface area contributed by atoms with Gasteiger partial charge in [-0.05, 0) is 29.8 Å². The Labute approximate surface area is 157 Å². The van der Waals surface area contributed by atoms with Crippen LogP contribution in [-0.2, 0) is 0 Å². The number of nitrogens with zero attached hydrogens (tertiary/aromatic N) is 2. The van der Waals surface area contributed by atoms with Crippen molar-refractivity contribution >= 4 is 5.65 Å². The molecule has 0 saturated heterocycles. The molecule has 4 aromatic rings. The number of benzene rings is 2. The van der Waals surface area contributed by atoms with Gasteiger partial charge in [0.1, 0.15) is 11.4 Å². The maximum Gasteiger partial charge on any atom is 0.429 e. The fourth-order valence-electron chi connectivity index (χ4n) is 2.89. The Balaban J connectivity index is 1.62. The number of halogens is 3. The molecule has 28 heavy (non-hydrogen) atoms. The van der Waals surface area contributed by atoms with Gasteiger partial charge in [-0.3, -0.25) is 4.79 Å². The first-order chi connectivity index (χ1) is 13.4. The van der Waals surface area contributed by atoms with Gasteiger partial charge in [-0.15, -0.1) is 0 Å². The Bertz CT molecular complexity index is 1150. The molecular formula is C20H14F3N3O2. The van der Waals surface area contributed by atoms with Crippen molar-refractivity contribution in [1.29, 1.82) is 0 Å². The molecule has 0 saturated carbocycles. The van der Waals surface area contributed by atoms with Gasteiger partial charge < -0.3 is 9.72 Å². The lowest BCUT2D eigenvalue weighted by Gasteiger charge is -2.22. The molecule has 1 unspecified atom stereocenters. The second-order valence-electron chi connectivity index (χ2n) is 6.12. The van der Waals surface area contributed by atoms with Crippen molar-refractivity contribution in [3.8, 4) is 17.0 Å². The summed E-state index contributed by atoms with van der Waals surface area (Å²) in [5.74, 6) is 0.0719. The summed E-state index contributed by atoms with van der Waals surface area (Å²) in [6, 6.07) is 16.5. The zero-order chi connectivity index (χ0) is 19.7. The van der Waals surface area contributed by atoms with Crippen molar-refractivity contribution in [2.75, 3.05) is 0 Å². The van der Waals surface area contributed by atoms with Crippen LogP contribution in [0.2, 0.25) is 0 Å². The van der Waals surface area contributed by atoms with E-state index in [4.69, 9.17) is 4.74 Å². The van der Waals surface area contributed by atoms with E-state index in [2.05, 4.69) is 10.1 Å². The molecule has 0 aliphatic heterocycles. The number of aromatic nitrogens is 3. The maximum atomic E-state index is 13.4. The van der Waals surface area contributed by atoms with E-state index in [-0.39, 0.29) is 16.9 Å². The predicted octanol–water partition coefficient (Wildman–Crippen LogP) is 4.37. The Kier molecular flexibility index (Phi) is 4.38. The highest BCUT2D eigenvalue weighted by molar-refractivity contribution is 5.62. The van der Waals surface area contributed by atoms with E-state index in [1.807, 2.05) is 0 Å². The number of rotatable bonds is 4. The summed E-state index contributed by atoms with van der Waals surface area (Å²) in [7, 11) is 0. The molecular weight excluding hydrogens is 371 g/mol. The van der Waals surface area contributed by atoms with Gasteiger partial charge in [0, 0.05) is 17.7 Å². The van der Waals surface area contributed by atoms with Crippen molar-refractivity contribution in [3.05, 3.63) is 88.8 Å². The quantitative estimate of drug-likeness (QED) is 0.567. The second-order valence-corrected chi connectivity index (χ2v) is 6.12. The topological polar surface area (TPSA) is 59.4 Å². The lowest BCUT2D eigenvalue weighted by atomic mass is 10.1. The summed E-state index contributed by atoms with van der Waals surface area (Å²) in [5, 5.41) is 3.90. The largest absolute Gasteiger partial charge is 0.476 e. The molecule has 0 fully saturated rings. The lowest BCUT2D eigenvalue weighted by Crippen LogP contribution is -2.26. The van der Waals surface area contributed by atoms with Crippen molar-refractivity contribution in [3.63, 3.8) is 0 Å². The molecule has 0 spiro atoms. The van der Waals surface area contributed by atoms with Gasteiger partial charge in [0.05, 0.1) is 11.9 Å². The van der Waals surface area contributed by atoms with E-state index < -0.39 is 12.3 Å². The smallest absolute Gasteiger partial charge is 0.429 e. The fraction of sp³-hybridized carbons (Fsp3) is 0.100. The number of hydrogen-bond donors (Lipinski definition) is 1. The third kappa shape index (κ3) is 3.48. The van der Waals surface area contributed by atoms with E-state index in [1.165, 1.54) is 53.2 Å². The van der Waals surface area contributed by atoms with Crippen LogP contribution in [-0.4, -0.2) is 20.8 Å². The Morgan fingerprint density at radius 2 is 1.71 bits per heavy atom. The molecule has 4 rings (SSSR count). The standard InChI is InChI=1S/C20H14F3N3O2/c21-20(22,23)19(14-4-2-1-3-5-14)28-15-8-6-13(7-9-15)16-12-18(27)26-17(25-16)10-11-24-26/h1-12,19,25H. The maximum absolute atomic E-state index is 13.4. The molecule has 0 bridgehead atoms. The monoisotopic (exact) mass is 385 g/mol. The van der Waals surface area contributed by atoms with Crippen LogP contribution in [0, 0.1) is 0 Å². The molecule has 0 radical (unpaired) electrons. The normalized spacial score (nSPS) is 12.8. The van der Waals surface area contributed by atoms with Crippen molar-refractivity contribution in [2.24, 2.45) is 0 Å². The van der Waals surface area contributed by atoms with E-state index >= 15 is 0 Å². The van der Waals surface area contributed by atoms with Gasteiger partial charge in [0.2, 0.25) is 6.10 Å². The van der Waals surface area contributed by atoms with Gasteiger partial charge >= 0.3 is 6.18 Å². The first-order valence-corrected chi connectivity index (χ1v) is 8.38. The Morgan fingerprint density at radius 1 is 1.00 bits per heavy atom. The van der Waals surface area contributed by atoms with Gasteiger partial charge in [-0.2, -0.15) is 22.8 Å². The lowest BCUT2D eigenvalue weighted by molar-refractivity contribution is -0.198. The van der Waals surface area contributed by atoms with Crippen molar-refractivity contribution in [2.45, 2.75) is 12.3 Å². The molecule has 0 aliphatic carbocycles. The number of H-pyrrole nitrogens is 1. The van der Waals surface area contributed by atoms with E-state index in [0.29, 0.717) is 16.9 Å². The first-order valence-electron chi connectivity index (χ1n) is 8.38. The summed E-state index contributed by atoms with van der Waals surface area (Å²) < 4.78 is 46.7. The molecule has 2 aromatic heterocycles. The predicted molar refractivity (Wildman–Crippen MR) is 97.1 cm³/mol. The third-order valence-electron chi connectivity index (χ3n) is 4.20. The number of fused-ring (bicyclic) bond motifs is 1. The van der Waals surface area contributed by atoms with E-state index in [0.717, 1.165) is 0 Å². The summed E-state index contributed by atoms with van der Waals surface area (Å²) >= 11 is 0. The van der Waals surface area contributed by atoms with E-state index in [9.17, 15) is 18.0 Å². The minimum Gasteiger partial charge on any atom is -0.476 e. The summed E-state index contributed by atoms with van der Waals surface area (Å²) in [4.78, 5) is 15.1. The average molecular weight is 385 g/mol. The molecule has 8 heteroatoms. The van der Waals surface area contributed by atoms with E-state index in [1.54, 1.807) is 24.3 Å². The zero-order valence-corrected chi connectivity index (χ0v) is 14.4. The minimum atomic E-state index is -4.56. The molecule has 0 amide bonds. The average Bonchev–Trinajstić information content (AvgIpc) is 3.16. The van der Waals surface area contributed by atoms with Crippen LogP contribution in [0.3, 0.4) is 0 Å². The van der Waals surface area contributed by atoms with Gasteiger partial charge in [-0.1, -0.05) is 30.3 Å².